The van der Waals surface area contributed by atoms with E-state index in [9.17, 15) is 4.57 Å². The predicted molar refractivity (Wildman–Crippen MR) is 69.2 cm³/mol. The molecule has 0 heterocycles. The Bertz CT molecular complexity index is 167. The topological polar surface area (TPSA) is 26.3 Å². The van der Waals surface area contributed by atoms with Gasteiger partial charge in [-0.2, -0.15) is 0 Å². The van der Waals surface area contributed by atoms with Crippen molar-refractivity contribution < 1.29 is 7.04 Å². The molecule has 2 nitrogen and oxygen atoms in total. The molecule has 0 amide bonds. The van der Waals surface area contributed by atoms with Gasteiger partial charge in [-0.3, -0.25) is 0 Å². The molecule has 14 heavy (non-hydrogen) atoms. The number of hydrogen-bond donors (Lipinski definition) is 0. The van der Waals surface area contributed by atoms with Gasteiger partial charge >= 0.3 is 113 Å². The van der Waals surface area contributed by atoms with Crippen molar-refractivity contribution in [2.24, 2.45) is 0 Å². The second-order valence-corrected chi connectivity index (χ2v) is 12.9. The van der Waals surface area contributed by atoms with E-state index in [1.54, 1.807) is 0 Å². The molecule has 0 radical (unpaired) electrons. The first-order valence-corrected chi connectivity index (χ1v) is 11.6. The summed E-state index contributed by atoms with van der Waals surface area (Å²) >= 11 is 3.46. The maximum absolute atomic E-state index is 12.1. The van der Waals surface area contributed by atoms with E-state index in [1.165, 1.54) is 22.8 Å². The third-order valence-electron chi connectivity index (χ3n) is 1.62. The zero-order valence-corrected chi connectivity index (χ0v) is 15.9. The first kappa shape index (κ1) is 15.8. The maximum atomic E-state index is 12.1. The molecule has 0 aromatic carbocycles. The van der Waals surface area contributed by atoms with Gasteiger partial charge in [0.05, 0.1) is 0 Å². The van der Waals surface area contributed by atoms with Crippen LogP contribution in [0, 0.1) is 0 Å². The van der Waals surface area contributed by atoms with Crippen LogP contribution in [-0.2, 0) is 7.04 Å². The summed E-state index contributed by atoms with van der Waals surface area (Å²) in [5.74, 6) is -0.409. The fourth-order valence-electron chi connectivity index (χ4n) is 0.740. The van der Waals surface area contributed by atoms with E-state index in [4.69, 9.17) is 2.47 Å². The van der Waals surface area contributed by atoms with Crippen LogP contribution in [0.15, 0.2) is 0 Å². The average molecular weight is 446 g/mol. The Labute approximate surface area is 112 Å². The van der Waals surface area contributed by atoms with Crippen molar-refractivity contribution in [1.29, 1.82) is 0 Å². The Hall–Kier alpha value is 1.81. The van der Waals surface area contributed by atoms with Crippen LogP contribution >= 0.6 is 28.5 Å². The average Bonchev–Trinajstić information content (AvgIpc) is 2.19. The molecule has 0 aromatic rings. The van der Waals surface area contributed by atoms with Gasteiger partial charge < -0.3 is 0 Å². The van der Waals surface area contributed by atoms with Gasteiger partial charge in [-0.15, -0.1) is 0 Å². The van der Waals surface area contributed by atoms with E-state index >= 15 is 0 Å². The second-order valence-electron chi connectivity index (χ2n) is 2.93. The predicted octanol–water partition coefficient (Wildman–Crippen LogP) is 4.26. The van der Waals surface area contributed by atoms with Crippen LogP contribution in [0.5, 0.6) is 0 Å². The Balaban J connectivity index is 3.74. The first-order valence-electron chi connectivity index (χ1n) is 4.96. The van der Waals surface area contributed by atoms with Gasteiger partial charge in [-0.25, -0.2) is 0 Å². The molecule has 0 atom stereocenters. The normalized spacial score (nSPS) is 11.8. The zero-order chi connectivity index (χ0) is 10.9. The third-order valence-corrected chi connectivity index (χ3v) is 15.9. The Morgan fingerprint density at radius 1 is 1.14 bits per heavy atom. The summed E-state index contributed by atoms with van der Waals surface area (Å²) in [4.78, 5) is 0. The molecule has 0 bridgehead atoms. The molecule has 0 aliphatic carbocycles. The molecule has 0 aromatic heterocycles. The van der Waals surface area contributed by atoms with Crippen molar-refractivity contribution in [2.45, 2.75) is 39.5 Å². The van der Waals surface area contributed by atoms with Crippen molar-refractivity contribution in [3.8, 4) is 0 Å². The summed E-state index contributed by atoms with van der Waals surface area (Å²) in [7, 11) is 0. The SMILES string of the molecule is CCCCSP(=O)([O][Tl])SCCCC. The summed E-state index contributed by atoms with van der Waals surface area (Å²) in [5, 5.41) is 0. The van der Waals surface area contributed by atoms with Gasteiger partial charge in [0.1, 0.15) is 0 Å². The van der Waals surface area contributed by atoms with Crippen molar-refractivity contribution in [1.82, 2.24) is 0 Å². The molecular weight excluding hydrogens is 428 g/mol. The van der Waals surface area contributed by atoms with Crippen LogP contribution in [0.3, 0.4) is 0 Å². The second kappa shape index (κ2) is 10.00. The molecule has 0 spiro atoms. The summed E-state index contributed by atoms with van der Waals surface area (Å²) in [5.41, 5.74) is 0. The van der Waals surface area contributed by atoms with Gasteiger partial charge in [0.25, 0.3) is 0 Å². The number of unbranched alkanes of at least 4 members (excludes halogenated alkanes) is 2. The summed E-state index contributed by atoms with van der Waals surface area (Å²) < 4.78 is 17.4. The van der Waals surface area contributed by atoms with E-state index < -0.39 is 5.77 Å². The minimum absolute atomic E-state index is 0.383. The van der Waals surface area contributed by atoms with Crippen LogP contribution in [0.25, 0.3) is 0 Å². The van der Waals surface area contributed by atoms with Crippen molar-refractivity contribution in [3.05, 3.63) is 0 Å². The van der Waals surface area contributed by atoms with Crippen LogP contribution in [0.4, 0.5) is 0 Å². The van der Waals surface area contributed by atoms with Crippen LogP contribution in [0.2, 0.25) is 0 Å². The molecular formula is C8H18O2PS2Tl. The Morgan fingerprint density at radius 2 is 1.57 bits per heavy atom. The summed E-state index contributed by atoms with van der Waals surface area (Å²) in [6.45, 7) is 4.30. The van der Waals surface area contributed by atoms with Crippen molar-refractivity contribution in [2.75, 3.05) is 11.5 Å². The summed E-state index contributed by atoms with van der Waals surface area (Å²) in [6.07, 6.45) is 4.60. The summed E-state index contributed by atoms with van der Waals surface area (Å²) in [6, 6.07) is 0. The zero-order valence-electron chi connectivity index (χ0n) is 8.90. The molecule has 0 aliphatic rings. The Morgan fingerprint density at radius 3 is 1.86 bits per heavy atom. The fraction of sp³-hybridized carbons (Fsp3) is 1.00. The number of rotatable bonds is 9. The standard InChI is InChI=1S/C8H19O2PS2.Tl/c1-3-5-7-12-11(9,10)13-8-6-4-2;/h3-8H2,1-2H3,(H,9,10);/q;+1/p-1. The quantitative estimate of drug-likeness (QED) is 0.301. The molecule has 82 valence electrons. The molecule has 6 heteroatoms. The Kier molecular flexibility index (Phi) is 11.3. The van der Waals surface area contributed by atoms with Gasteiger partial charge in [0.15, 0.2) is 0 Å². The third kappa shape index (κ3) is 8.02. The molecule has 0 unspecified atom stereocenters. The monoisotopic (exact) mass is 446 g/mol. The minimum atomic E-state index is -2.35. The molecule has 0 N–H and O–H groups in total. The first-order chi connectivity index (χ1) is 6.68. The molecule has 0 saturated carbocycles. The van der Waals surface area contributed by atoms with E-state index in [-0.39, 0.29) is 0 Å². The van der Waals surface area contributed by atoms with Gasteiger partial charge in [0, 0.05) is 0 Å². The van der Waals surface area contributed by atoms with Crippen LogP contribution in [-0.4, -0.2) is 37.7 Å². The van der Waals surface area contributed by atoms with E-state index in [0.717, 1.165) is 37.2 Å². The molecule has 0 rings (SSSR count). The molecule has 0 aliphatic heterocycles. The van der Waals surface area contributed by atoms with E-state index in [2.05, 4.69) is 13.8 Å². The molecule has 0 saturated heterocycles. The van der Waals surface area contributed by atoms with Crippen LogP contribution in [0.1, 0.15) is 39.5 Å². The van der Waals surface area contributed by atoms with E-state index in [1.807, 2.05) is 0 Å². The van der Waals surface area contributed by atoms with Gasteiger partial charge in [-0.1, -0.05) is 0 Å². The van der Waals surface area contributed by atoms with Crippen molar-refractivity contribution in [3.63, 3.8) is 0 Å². The van der Waals surface area contributed by atoms with Crippen LogP contribution < -0.4 is 0 Å². The van der Waals surface area contributed by atoms with Gasteiger partial charge in [-0.05, 0) is 0 Å². The van der Waals surface area contributed by atoms with Gasteiger partial charge in [0.2, 0.25) is 0 Å². The fourth-order valence-corrected chi connectivity index (χ4v) is 11.2. The van der Waals surface area contributed by atoms with Crippen molar-refractivity contribution >= 4 is 54.8 Å². The number of hydrogen-bond acceptors (Lipinski definition) is 4. The van der Waals surface area contributed by atoms with E-state index in [0.29, 0.717) is 26.2 Å². The molecule has 0 fully saturated rings.